The zero-order valence-corrected chi connectivity index (χ0v) is 31.1. The van der Waals surface area contributed by atoms with Crippen LogP contribution in [-0.4, -0.2) is 13.1 Å². The van der Waals surface area contributed by atoms with E-state index in [1.165, 1.54) is 39.1 Å². The highest BCUT2D eigenvalue weighted by atomic mass is 15.1. The molecule has 1 nitrogen and oxygen atoms in total. The molecule has 0 fully saturated rings. The van der Waals surface area contributed by atoms with Crippen molar-refractivity contribution in [3.63, 3.8) is 0 Å². The standard InChI is InChI=1S/C31H31N.6C2H6/c1-3-32(4-2)26-19-20-28-27-17-11-12-18-29(27)31(30(28)21-26,22-24-13-7-5-8-14-24)23-25-15-9-6-10-16-25;6*1-2/h5-21H,3-4,22-23H2,1-2H3;6*1-2H3. The van der Waals surface area contributed by atoms with E-state index >= 15 is 0 Å². The number of fused-ring (bicyclic) bond motifs is 3. The van der Waals surface area contributed by atoms with E-state index in [0.717, 1.165) is 25.9 Å². The SMILES string of the molecule is CC.CC.CC.CC.CC.CC.CCN(CC)c1ccc2c(c1)C(Cc1ccccc1)(Cc1ccccc1)c1ccccc1-2. The number of rotatable bonds is 7. The molecule has 0 aliphatic heterocycles. The second-order valence-corrected chi connectivity index (χ2v) is 8.85. The first-order chi connectivity index (χ1) is 21.7. The van der Waals surface area contributed by atoms with Gasteiger partial charge in [0, 0.05) is 24.2 Å². The van der Waals surface area contributed by atoms with Crippen molar-refractivity contribution >= 4 is 5.69 Å². The zero-order valence-electron chi connectivity index (χ0n) is 31.1. The van der Waals surface area contributed by atoms with Crippen molar-refractivity contribution in [1.82, 2.24) is 0 Å². The topological polar surface area (TPSA) is 3.24 Å². The third-order valence-corrected chi connectivity index (χ3v) is 7.08. The van der Waals surface area contributed by atoms with Crippen molar-refractivity contribution in [3.8, 4) is 11.1 Å². The molecule has 0 saturated carbocycles. The molecular weight excluding hydrogens is 530 g/mol. The van der Waals surface area contributed by atoms with Crippen molar-refractivity contribution in [2.75, 3.05) is 18.0 Å². The molecule has 0 aromatic heterocycles. The molecule has 0 atom stereocenters. The highest BCUT2D eigenvalue weighted by Crippen LogP contribution is 2.53. The first kappa shape index (κ1) is 42.8. The number of hydrogen-bond donors (Lipinski definition) is 0. The second kappa shape index (κ2) is 26.1. The van der Waals surface area contributed by atoms with Crippen molar-refractivity contribution < 1.29 is 0 Å². The monoisotopic (exact) mass is 598 g/mol. The molecule has 44 heavy (non-hydrogen) atoms. The number of hydrogen-bond acceptors (Lipinski definition) is 1. The summed E-state index contributed by atoms with van der Waals surface area (Å²) in [4.78, 5) is 2.46. The Morgan fingerprint density at radius 2 is 0.818 bits per heavy atom. The molecule has 0 heterocycles. The fraction of sp³-hybridized carbons (Fsp3) is 0.442. The minimum absolute atomic E-state index is 0.0855. The van der Waals surface area contributed by atoms with Gasteiger partial charge in [-0.3, -0.25) is 0 Å². The van der Waals surface area contributed by atoms with Crippen LogP contribution >= 0.6 is 0 Å². The van der Waals surface area contributed by atoms with Gasteiger partial charge in [-0.05, 0) is 72.2 Å². The van der Waals surface area contributed by atoms with Gasteiger partial charge >= 0.3 is 0 Å². The molecule has 244 valence electrons. The maximum atomic E-state index is 2.48. The smallest absolute Gasteiger partial charge is 0.0369 e. The van der Waals surface area contributed by atoms with E-state index in [4.69, 9.17) is 0 Å². The van der Waals surface area contributed by atoms with E-state index in [1.807, 2.05) is 83.1 Å². The largest absolute Gasteiger partial charge is 0.372 e. The van der Waals surface area contributed by atoms with Crippen molar-refractivity contribution in [2.24, 2.45) is 0 Å². The van der Waals surface area contributed by atoms with Crippen LogP contribution in [0, 0.1) is 0 Å². The average Bonchev–Trinajstić information content (AvgIpc) is 3.40. The van der Waals surface area contributed by atoms with Gasteiger partial charge in [-0.1, -0.05) is 174 Å². The quantitative estimate of drug-likeness (QED) is 0.205. The highest BCUT2D eigenvalue weighted by Gasteiger charge is 2.43. The Kier molecular flexibility index (Phi) is 25.4. The molecule has 0 saturated heterocycles. The van der Waals surface area contributed by atoms with Crippen LogP contribution in [0.15, 0.2) is 103 Å². The van der Waals surface area contributed by atoms with Gasteiger partial charge in [0.25, 0.3) is 0 Å². The fourth-order valence-corrected chi connectivity index (χ4v) is 5.56. The molecule has 0 bridgehead atoms. The Bertz CT molecular complexity index is 1150. The highest BCUT2D eigenvalue weighted by molar-refractivity contribution is 5.83. The molecule has 0 unspecified atom stereocenters. The maximum Gasteiger partial charge on any atom is 0.0369 e. The Hall–Kier alpha value is -3.32. The zero-order chi connectivity index (χ0) is 34.0. The minimum Gasteiger partial charge on any atom is -0.372 e. The molecule has 4 aromatic rings. The second-order valence-electron chi connectivity index (χ2n) is 8.85. The molecule has 0 spiro atoms. The van der Waals surface area contributed by atoms with Gasteiger partial charge in [-0.15, -0.1) is 0 Å². The summed E-state index contributed by atoms with van der Waals surface area (Å²) >= 11 is 0. The Labute approximate surface area is 274 Å². The van der Waals surface area contributed by atoms with Gasteiger partial charge in [0.15, 0.2) is 0 Å². The molecule has 1 aliphatic rings. The Morgan fingerprint density at radius 1 is 0.432 bits per heavy atom. The van der Waals surface area contributed by atoms with Crippen molar-refractivity contribution in [3.05, 3.63) is 125 Å². The lowest BCUT2D eigenvalue weighted by Gasteiger charge is -2.34. The summed E-state index contributed by atoms with van der Waals surface area (Å²) in [6, 6.07) is 38.2. The predicted molar refractivity (Wildman–Crippen MR) is 205 cm³/mol. The normalized spacial score (nSPS) is 10.6. The summed E-state index contributed by atoms with van der Waals surface area (Å²) in [7, 11) is 0. The van der Waals surface area contributed by atoms with Crippen LogP contribution in [0.2, 0.25) is 0 Å². The van der Waals surface area contributed by atoms with Gasteiger partial charge in [0.2, 0.25) is 0 Å². The van der Waals surface area contributed by atoms with Gasteiger partial charge in [0.1, 0.15) is 0 Å². The average molecular weight is 598 g/mol. The van der Waals surface area contributed by atoms with Crippen LogP contribution in [0.1, 0.15) is 119 Å². The third-order valence-electron chi connectivity index (χ3n) is 7.08. The first-order valence-electron chi connectivity index (χ1n) is 17.8. The van der Waals surface area contributed by atoms with E-state index < -0.39 is 0 Å². The third kappa shape index (κ3) is 11.0. The van der Waals surface area contributed by atoms with E-state index in [2.05, 4.69) is 122 Å². The lowest BCUT2D eigenvalue weighted by atomic mass is 9.69. The Balaban J connectivity index is 0. The van der Waals surface area contributed by atoms with Crippen LogP contribution in [0.4, 0.5) is 5.69 Å². The van der Waals surface area contributed by atoms with Crippen molar-refractivity contribution in [2.45, 2.75) is 115 Å². The van der Waals surface area contributed by atoms with E-state index in [-0.39, 0.29) is 5.41 Å². The summed E-state index contributed by atoms with van der Waals surface area (Å²) < 4.78 is 0. The summed E-state index contributed by atoms with van der Waals surface area (Å²) in [5, 5.41) is 0. The van der Waals surface area contributed by atoms with Crippen LogP contribution in [0.25, 0.3) is 11.1 Å². The van der Waals surface area contributed by atoms with Gasteiger partial charge in [-0.2, -0.15) is 0 Å². The van der Waals surface area contributed by atoms with Crippen LogP contribution in [-0.2, 0) is 18.3 Å². The maximum absolute atomic E-state index is 2.48. The molecule has 0 amide bonds. The summed E-state index contributed by atoms with van der Waals surface area (Å²) in [5.41, 5.74) is 9.72. The van der Waals surface area contributed by atoms with Gasteiger partial charge in [0.05, 0.1) is 0 Å². The van der Waals surface area contributed by atoms with Crippen LogP contribution in [0.3, 0.4) is 0 Å². The number of anilines is 1. The predicted octanol–water partition coefficient (Wildman–Crippen LogP) is 13.4. The molecule has 4 aromatic carbocycles. The minimum atomic E-state index is -0.0855. The number of benzene rings is 4. The molecule has 0 radical (unpaired) electrons. The number of nitrogens with zero attached hydrogens (tertiary/aromatic N) is 1. The van der Waals surface area contributed by atoms with E-state index in [1.54, 1.807) is 0 Å². The molecule has 0 N–H and O–H groups in total. The summed E-state index contributed by atoms with van der Waals surface area (Å²) in [6.45, 7) is 30.5. The van der Waals surface area contributed by atoms with Crippen molar-refractivity contribution in [1.29, 1.82) is 0 Å². The van der Waals surface area contributed by atoms with Gasteiger partial charge in [-0.25, -0.2) is 0 Å². The lowest BCUT2D eigenvalue weighted by molar-refractivity contribution is 0.520. The van der Waals surface area contributed by atoms with E-state index in [9.17, 15) is 0 Å². The van der Waals surface area contributed by atoms with Gasteiger partial charge < -0.3 is 4.90 Å². The van der Waals surface area contributed by atoms with E-state index in [0.29, 0.717) is 0 Å². The summed E-state index contributed by atoms with van der Waals surface area (Å²) in [6.07, 6.45) is 1.99. The fourth-order valence-electron chi connectivity index (χ4n) is 5.56. The molecule has 5 rings (SSSR count). The molecule has 1 heteroatoms. The first-order valence-corrected chi connectivity index (χ1v) is 17.8. The Morgan fingerprint density at radius 3 is 1.25 bits per heavy atom. The summed E-state index contributed by atoms with van der Waals surface area (Å²) in [5.74, 6) is 0. The lowest BCUT2D eigenvalue weighted by Crippen LogP contribution is -2.31. The van der Waals surface area contributed by atoms with Crippen LogP contribution < -0.4 is 4.90 Å². The molecule has 1 aliphatic carbocycles. The molecular formula is C43H67N. The van der Waals surface area contributed by atoms with Crippen LogP contribution in [0.5, 0.6) is 0 Å².